The summed E-state index contributed by atoms with van der Waals surface area (Å²) in [6.45, 7) is 2.04. The fourth-order valence-corrected chi connectivity index (χ4v) is 3.72. The summed E-state index contributed by atoms with van der Waals surface area (Å²) in [5.74, 6) is -0.161. The molecule has 0 saturated carbocycles. The van der Waals surface area contributed by atoms with Gasteiger partial charge in [-0.25, -0.2) is 4.98 Å². The molecule has 0 bridgehead atoms. The Morgan fingerprint density at radius 2 is 2.00 bits per heavy atom. The van der Waals surface area contributed by atoms with Crippen molar-refractivity contribution in [2.45, 2.75) is 13.0 Å². The van der Waals surface area contributed by atoms with Gasteiger partial charge in [-0.2, -0.15) is 5.10 Å². The van der Waals surface area contributed by atoms with Crippen LogP contribution in [0.4, 0.5) is 5.13 Å². The first-order valence-corrected chi connectivity index (χ1v) is 8.74. The van der Waals surface area contributed by atoms with Gasteiger partial charge in [-0.05, 0) is 36.2 Å². The number of nitrogens with one attached hydrogen (secondary N) is 1. The van der Waals surface area contributed by atoms with Gasteiger partial charge in [0.05, 0.1) is 10.2 Å². The summed E-state index contributed by atoms with van der Waals surface area (Å²) in [4.78, 5) is 17.5. The van der Waals surface area contributed by atoms with E-state index in [1.54, 1.807) is 17.1 Å². The summed E-state index contributed by atoms with van der Waals surface area (Å²) in [5.41, 5.74) is 2.94. The minimum absolute atomic E-state index is 0.161. The lowest BCUT2D eigenvalue weighted by Crippen LogP contribution is -2.27. The van der Waals surface area contributed by atoms with Gasteiger partial charge < -0.3 is 0 Å². The number of nitrogens with zero attached hydrogens (tertiary/aromatic N) is 3. The topological polar surface area (TPSA) is 59.8 Å². The van der Waals surface area contributed by atoms with Crippen molar-refractivity contribution in [1.29, 1.82) is 0 Å². The third-order valence-corrected chi connectivity index (χ3v) is 4.86. The average Bonchev–Trinajstić information content (AvgIpc) is 3.25. The Bertz CT molecular complexity index is 1010. The number of carbonyl (C=O) groups excluding carboxylic acids is 1. The summed E-state index contributed by atoms with van der Waals surface area (Å²) in [7, 11) is 0. The zero-order valence-electron chi connectivity index (χ0n) is 13.6. The highest BCUT2D eigenvalue weighted by molar-refractivity contribution is 7.22. The van der Waals surface area contributed by atoms with Gasteiger partial charge in [-0.1, -0.05) is 47.7 Å². The van der Waals surface area contributed by atoms with Crippen LogP contribution in [0.2, 0.25) is 0 Å². The van der Waals surface area contributed by atoms with Gasteiger partial charge in [0.1, 0.15) is 0 Å². The van der Waals surface area contributed by atoms with Crippen molar-refractivity contribution in [2.24, 2.45) is 0 Å². The lowest BCUT2D eigenvalue weighted by atomic mass is 10.1. The third kappa shape index (κ3) is 3.16. The number of thiazole rings is 1. The van der Waals surface area contributed by atoms with Crippen LogP contribution in [0.3, 0.4) is 0 Å². The van der Waals surface area contributed by atoms with E-state index in [9.17, 15) is 4.79 Å². The summed E-state index contributed by atoms with van der Waals surface area (Å²) >= 11 is 1.48. The van der Waals surface area contributed by atoms with Crippen LogP contribution >= 0.6 is 11.3 Å². The molecule has 4 aromatic rings. The molecule has 0 radical (unpaired) electrons. The number of hydrogen-bond donors (Lipinski definition) is 1. The highest BCUT2D eigenvalue weighted by atomic mass is 32.1. The predicted molar refractivity (Wildman–Crippen MR) is 99.8 cm³/mol. The third-order valence-electron chi connectivity index (χ3n) is 3.93. The van der Waals surface area contributed by atoms with Crippen LogP contribution in [0, 0.1) is 6.92 Å². The Kier molecular flexibility index (Phi) is 4.03. The van der Waals surface area contributed by atoms with Gasteiger partial charge in [0.25, 0.3) is 5.91 Å². The van der Waals surface area contributed by atoms with Gasteiger partial charge in [-0.15, -0.1) is 0 Å². The largest absolute Gasteiger partial charge is 0.300 e. The molecular weight excluding hydrogens is 332 g/mol. The Morgan fingerprint density at radius 1 is 1.16 bits per heavy atom. The molecule has 2 heterocycles. The number of aryl methyl sites for hydroxylation is 1. The highest BCUT2D eigenvalue weighted by Crippen LogP contribution is 2.28. The molecule has 1 unspecified atom stereocenters. The Labute approximate surface area is 149 Å². The first-order valence-electron chi connectivity index (χ1n) is 7.93. The predicted octanol–water partition coefficient (Wildman–Crippen LogP) is 4.03. The number of anilines is 1. The number of benzene rings is 2. The number of rotatable bonds is 4. The van der Waals surface area contributed by atoms with E-state index < -0.39 is 6.04 Å². The number of carbonyl (C=O) groups is 1. The van der Waals surface area contributed by atoms with Crippen molar-refractivity contribution >= 4 is 32.6 Å². The second-order valence-electron chi connectivity index (χ2n) is 5.78. The van der Waals surface area contributed by atoms with Gasteiger partial charge >= 0.3 is 0 Å². The summed E-state index contributed by atoms with van der Waals surface area (Å²) in [6, 6.07) is 16.9. The molecule has 0 spiro atoms. The molecule has 4 rings (SSSR count). The molecule has 5 nitrogen and oxygen atoms in total. The van der Waals surface area contributed by atoms with Crippen LogP contribution < -0.4 is 5.32 Å². The summed E-state index contributed by atoms with van der Waals surface area (Å²) in [6.07, 6.45) is 3.46. The van der Waals surface area contributed by atoms with Crippen LogP contribution in [0.15, 0.2) is 67.0 Å². The Hall–Kier alpha value is -2.99. The maximum atomic E-state index is 12.9. The number of hydrogen-bond acceptors (Lipinski definition) is 4. The lowest BCUT2D eigenvalue weighted by molar-refractivity contribution is -0.118. The lowest BCUT2D eigenvalue weighted by Gasteiger charge is -2.16. The quantitative estimate of drug-likeness (QED) is 0.606. The van der Waals surface area contributed by atoms with Crippen LogP contribution in [0.1, 0.15) is 17.2 Å². The number of aromatic nitrogens is 3. The van der Waals surface area contributed by atoms with Crippen LogP contribution in [0.25, 0.3) is 10.2 Å². The highest BCUT2D eigenvalue weighted by Gasteiger charge is 2.23. The van der Waals surface area contributed by atoms with Crippen molar-refractivity contribution in [3.63, 3.8) is 0 Å². The normalized spacial score (nSPS) is 12.2. The van der Waals surface area contributed by atoms with Crippen LogP contribution in [0.5, 0.6) is 0 Å². The molecule has 0 saturated heterocycles. The molecule has 0 fully saturated rings. The smallest absolute Gasteiger partial charge is 0.255 e. The monoisotopic (exact) mass is 348 g/mol. The molecule has 2 aromatic carbocycles. The summed E-state index contributed by atoms with van der Waals surface area (Å²) in [5, 5.41) is 7.79. The summed E-state index contributed by atoms with van der Waals surface area (Å²) < 4.78 is 2.72. The standard InChI is InChI=1S/C19H16N4OS/c1-13-8-9-15-16(12-13)25-19(21-15)22-18(24)17(23-11-5-10-20-23)14-6-3-2-4-7-14/h2-12,17H,1H3,(H,21,22,24). The van der Waals surface area contributed by atoms with E-state index in [0.29, 0.717) is 5.13 Å². The van der Waals surface area contributed by atoms with Crippen molar-refractivity contribution < 1.29 is 4.79 Å². The van der Waals surface area contributed by atoms with E-state index in [1.807, 2.05) is 55.5 Å². The Balaban J connectivity index is 1.66. The van der Waals surface area contributed by atoms with Gasteiger partial charge in [0, 0.05) is 12.4 Å². The van der Waals surface area contributed by atoms with Crippen LogP contribution in [-0.4, -0.2) is 20.7 Å². The SMILES string of the molecule is Cc1ccc2nc(NC(=O)C(c3ccccc3)n3cccn3)sc2c1. The van der Waals surface area contributed by atoms with Crippen molar-refractivity contribution in [1.82, 2.24) is 14.8 Å². The van der Waals surface area contributed by atoms with E-state index in [4.69, 9.17) is 0 Å². The molecule has 0 aliphatic carbocycles. The van der Waals surface area contributed by atoms with Gasteiger partial charge in [0.15, 0.2) is 11.2 Å². The van der Waals surface area contributed by atoms with Gasteiger partial charge in [-0.3, -0.25) is 14.8 Å². The molecule has 124 valence electrons. The van der Waals surface area contributed by atoms with Gasteiger partial charge in [0.2, 0.25) is 0 Å². The fraction of sp³-hybridized carbons (Fsp3) is 0.105. The molecule has 25 heavy (non-hydrogen) atoms. The minimum Gasteiger partial charge on any atom is -0.300 e. The maximum absolute atomic E-state index is 12.9. The molecule has 2 aromatic heterocycles. The van der Waals surface area contributed by atoms with Crippen molar-refractivity contribution in [2.75, 3.05) is 5.32 Å². The van der Waals surface area contributed by atoms with E-state index in [1.165, 1.54) is 16.9 Å². The molecule has 1 amide bonds. The minimum atomic E-state index is -0.537. The molecule has 1 N–H and O–H groups in total. The average molecular weight is 348 g/mol. The first kappa shape index (κ1) is 15.5. The van der Waals surface area contributed by atoms with E-state index in [-0.39, 0.29) is 5.91 Å². The molecular formula is C19H16N4OS. The molecule has 0 aliphatic rings. The second kappa shape index (κ2) is 6.49. The van der Waals surface area contributed by atoms with Crippen molar-refractivity contribution in [3.05, 3.63) is 78.1 Å². The second-order valence-corrected chi connectivity index (χ2v) is 6.81. The van der Waals surface area contributed by atoms with E-state index in [2.05, 4.69) is 21.5 Å². The maximum Gasteiger partial charge on any atom is 0.255 e. The number of amides is 1. The van der Waals surface area contributed by atoms with E-state index in [0.717, 1.165) is 15.8 Å². The molecule has 1 atom stereocenters. The Morgan fingerprint density at radius 3 is 2.76 bits per heavy atom. The number of fused-ring (bicyclic) bond motifs is 1. The zero-order chi connectivity index (χ0) is 17.2. The van der Waals surface area contributed by atoms with Crippen LogP contribution in [-0.2, 0) is 4.79 Å². The molecule has 0 aliphatic heterocycles. The van der Waals surface area contributed by atoms with E-state index >= 15 is 0 Å². The molecule has 6 heteroatoms. The zero-order valence-corrected chi connectivity index (χ0v) is 14.4. The fourth-order valence-electron chi connectivity index (χ4n) is 2.75. The van der Waals surface area contributed by atoms with Crippen molar-refractivity contribution in [3.8, 4) is 0 Å². The first-order chi connectivity index (χ1) is 12.2.